The van der Waals surface area contributed by atoms with Gasteiger partial charge >= 0.3 is 0 Å². The standard InChI is InChI=1S/C16H15N5O2/c1-22-15-6-5-13(9-18-15)23-16-8-14(19-10-20-16)21-12-4-2-3-11(17)7-12/h2-10H,17H2,1H3,(H,19,20,21). The Morgan fingerprint density at radius 1 is 1.00 bits per heavy atom. The van der Waals surface area contributed by atoms with E-state index in [0.717, 1.165) is 5.69 Å². The van der Waals surface area contributed by atoms with E-state index in [1.807, 2.05) is 24.3 Å². The van der Waals surface area contributed by atoms with Crippen molar-refractivity contribution >= 4 is 17.2 Å². The molecular formula is C16H15N5O2. The van der Waals surface area contributed by atoms with Crippen molar-refractivity contribution in [2.45, 2.75) is 0 Å². The van der Waals surface area contributed by atoms with Gasteiger partial charge in [0.15, 0.2) is 0 Å². The van der Waals surface area contributed by atoms with Crippen LogP contribution >= 0.6 is 0 Å². The van der Waals surface area contributed by atoms with Crippen molar-refractivity contribution < 1.29 is 9.47 Å². The monoisotopic (exact) mass is 309 g/mol. The number of nitrogen functional groups attached to an aromatic ring is 1. The van der Waals surface area contributed by atoms with E-state index in [2.05, 4.69) is 20.3 Å². The number of ether oxygens (including phenoxy) is 2. The van der Waals surface area contributed by atoms with Crippen LogP contribution in [-0.4, -0.2) is 22.1 Å². The van der Waals surface area contributed by atoms with Crippen LogP contribution in [0.2, 0.25) is 0 Å². The lowest BCUT2D eigenvalue weighted by Crippen LogP contribution is -1.97. The topological polar surface area (TPSA) is 95.2 Å². The van der Waals surface area contributed by atoms with Gasteiger partial charge in [-0.25, -0.2) is 15.0 Å². The zero-order valence-electron chi connectivity index (χ0n) is 12.4. The predicted octanol–water partition coefficient (Wildman–Crippen LogP) is 3.00. The van der Waals surface area contributed by atoms with E-state index >= 15 is 0 Å². The molecule has 2 aromatic heterocycles. The molecule has 0 atom stereocenters. The minimum absolute atomic E-state index is 0.401. The largest absolute Gasteiger partial charge is 0.481 e. The van der Waals surface area contributed by atoms with E-state index < -0.39 is 0 Å². The molecule has 0 saturated heterocycles. The number of methoxy groups -OCH3 is 1. The van der Waals surface area contributed by atoms with Crippen LogP contribution in [0.4, 0.5) is 17.2 Å². The van der Waals surface area contributed by atoms with Gasteiger partial charge in [-0.15, -0.1) is 0 Å². The SMILES string of the molecule is COc1ccc(Oc2cc(Nc3cccc(N)c3)ncn2)cn1. The van der Waals surface area contributed by atoms with Gasteiger partial charge in [-0.3, -0.25) is 0 Å². The number of benzene rings is 1. The fourth-order valence-electron chi connectivity index (χ4n) is 1.90. The Morgan fingerprint density at radius 2 is 1.91 bits per heavy atom. The van der Waals surface area contributed by atoms with Gasteiger partial charge in [0.05, 0.1) is 13.3 Å². The third-order valence-electron chi connectivity index (χ3n) is 2.94. The molecule has 3 aromatic rings. The fraction of sp³-hybridized carbons (Fsp3) is 0.0625. The summed E-state index contributed by atoms with van der Waals surface area (Å²) in [5.41, 5.74) is 7.26. The van der Waals surface area contributed by atoms with Crippen LogP contribution in [0.5, 0.6) is 17.5 Å². The van der Waals surface area contributed by atoms with E-state index in [-0.39, 0.29) is 0 Å². The summed E-state index contributed by atoms with van der Waals surface area (Å²) in [5.74, 6) is 2.07. The molecule has 0 aliphatic heterocycles. The molecule has 0 aliphatic carbocycles. The van der Waals surface area contributed by atoms with Gasteiger partial charge in [0, 0.05) is 23.5 Å². The van der Waals surface area contributed by atoms with Crippen LogP contribution < -0.4 is 20.5 Å². The second kappa shape index (κ2) is 6.61. The van der Waals surface area contributed by atoms with Crippen molar-refractivity contribution in [2.24, 2.45) is 0 Å². The van der Waals surface area contributed by atoms with Crippen molar-refractivity contribution in [3.63, 3.8) is 0 Å². The Balaban J connectivity index is 1.74. The van der Waals surface area contributed by atoms with Crippen LogP contribution in [0.15, 0.2) is 55.0 Å². The first-order valence-electron chi connectivity index (χ1n) is 6.85. The van der Waals surface area contributed by atoms with Crippen LogP contribution in [0.1, 0.15) is 0 Å². The lowest BCUT2D eigenvalue weighted by Gasteiger charge is -2.08. The summed E-state index contributed by atoms with van der Waals surface area (Å²) in [6.07, 6.45) is 2.98. The molecule has 0 spiro atoms. The van der Waals surface area contributed by atoms with Gasteiger partial charge < -0.3 is 20.5 Å². The van der Waals surface area contributed by atoms with Crippen molar-refractivity contribution in [3.8, 4) is 17.5 Å². The highest BCUT2D eigenvalue weighted by atomic mass is 16.5. The Labute approximate surface area is 133 Å². The van der Waals surface area contributed by atoms with E-state index in [1.165, 1.54) is 6.33 Å². The summed E-state index contributed by atoms with van der Waals surface area (Å²) in [6, 6.07) is 12.5. The summed E-state index contributed by atoms with van der Waals surface area (Å²) >= 11 is 0. The summed E-state index contributed by atoms with van der Waals surface area (Å²) in [7, 11) is 1.56. The molecule has 1 aromatic carbocycles. The van der Waals surface area contributed by atoms with Crippen LogP contribution in [0.3, 0.4) is 0 Å². The summed E-state index contributed by atoms with van der Waals surface area (Å²) < 4.78 is 10.6. The first-order valence-corrected chi connectivity index (χ1v) is 6.85. The van der Waals surface area contributed by atoms with Crippen LogP contribution in [0, 0.1) is 0 Å². The van der Waals surface area contributed by atoms with Gasteiger partial charge in [0.25, 0.3) is 0 Å². The molecule has 0 saturated carbocycles. The van der Waals surface area contributed by atoms with Crippen LogP contribution in [0.25, 0.3) is 0 Å². The number of anilines is 3. The first-order chi connectivity index (χ1) is 11.2. The maximum absolute atomic E-state index is 5.75. The molecular weight excluding hydrogens is 294 g/mol. The number of hydrogen-bond acceptors (Lipinski definition) is 7. The molecule has 0 bridgehead atoms. The molecule has 0 fully saturated rings. The number of rotatable bonds is 5. The maximum Gasteiger partial charge on any atom is 0.224 e. The summed E-state index contributed by atoms with van der Waals surface area (Å²) in [6.45, 7) is 0. The Morgan fingerprint density at radius 3 is 2.65 bits per heavy atom. The van der Waals surface area contributed by atoms with Gasteiger partial charge in [-0.1, -0.05) is 6.07 Å². The average Bonchev–Trinajstić information content (AvgIpc) is 2.56. The van der Waals surface area contributed by atoms with Gasteiger partial charge in [-0.2, -0.15) is 0 Å². The van der Waals surface area contributed by atoms with Crippen LogP contribution in [-0.2, 0) is 0 Å². The second-order valence-corrected chi connectivity index (χ2v) is 4.63. The quantitative estimate of drug-likeness (QED) is 0.699. The normalized spacial score (nSPS) is 10.1. The molecule has 7 heteroatoms. The summed E-state index contributed by atoms with van der Waals surface area (Å²) in [5, 5.41) is 3.14. The average molecular weight is 309 g/mol. The number of hydrogen-bond donors (Lipinski definition) is 2. The van der Waals surface area contributed by atoms with Gasteiger partial charge in [0.1, 0.15) is 17.9 Å². The number of nitrogens with one attached hydrogen (secondary N) is 1. The fourth-order valence-corrected chi connectivity index (χ4v) is 1.90. The van der Waals surface area contributed by atoms with Crippen molar-refractivity contribution in [2.75, 3.05) is 18.2 Å². The van der Waals surface area contributed by atoms with E-state index in [1.54, 1.807) is 31.5 Å². The first kappa shape index (κ1) is 14.6. The number of aromatic nitrogens is 3. The molecule has 23 heavy (non-hydrogen) atoms. The molecule has 0 unspecified atom stereocenters. The third-order valence-corrected chi connectivity index (χ3v) is 2.94. The maximum atomic E-state index is 5.75. The van der Waals surface area contributed by atoms with Crippen molar-refractivity contribution in [3.05, 3.63) is 55.0 Å². The number of pyridine rings is 1. The second-order valence-electron chi connectivity index (χ2n) is 4.63. The highest BCUT2D eigenvalue weighted by molar-refractivity contribution is 5.61. The highest BCUT2D eigenvalue weighted by Crippen LogP contribution is 2.23. The smallest absolute Gasteiger partial charge is 0.224 e. The lowest BCUT2D eigenvalue weighted by molar-refractivity contribution is 0.394. The molecule has 2 heterocycles. The Hall–Kier alpha value is -3.35. The lowest BCUT2D eigenvalue weighted by atomic mass is 10.3. The molecule has 116 valence electrons. The third kappa shape index (κ3) is 3.85. The number of nitrogens with two attached hydrogens (primary N) is 1. The molecule has 7 nitrogen and oxygen atoms in total. The van der Waals surface area contributed by atoms with Crippen molar-refractivity contribution in [1.82, 2.24) is 15.0 Å². The van der Waals surface area contributed by atoms with Crippen molar-refractivity contribution in [1.29, 1.82) is 0 Å². The van der Waals surface area contributed by atoms with Gasteiger partial charge in [0.2, 0.25) is 11.8 Å². The molecule has 0 amide bonds. The Kier molecular flexibility index (Phi) is 4.19. The molecule has 3 N–H and O–H groups in total. The minimum Gasteiger partial charge on any atom is -0.481 e. The van der Waals surface area contributed by atoms with E-state index in [0.29, 0.717) is 29.0 Å². The minimum atomic E-state index is 0.401. The molecule has 3 rings (SSSR count). The molecule has 0 aliphatic rings. The van der Waals surface area contributed by atoms with Gasteiger partial charge in [-0.05, 0) is 24.3 Å². The van der Waals surface area contributed by atoms with E-state index in [9.17, 15) is 0 Å². The Bertz CT molecular complexity index is 792. The zero-order valence-corrected chi connectivity index (χ0v) is 12.4. The van der Waals surface area contributed by atoms with E-state index in [4.69, 9.17) is 15.2 Å². The molecule has 0 radical (unpaired) electrons. The zero-order chi connectivity index (χ0) is 16.1. The predicted molar refractivity (Wildman–Crippen MR) is 87.0 cm³/mol. The summed E-state index contributed by atoms with van der Waals surface area (Å²) in [4.78, 5) is 12.3. The number of nitrogens with zero attached hydrogens (tertiary/aromatic N) is 3. The highest BCUT2D eigenvalue weighted by Gasteiger charge is 2.03.